The SMILES string of the molecule is Cc1ccc([C@@H](O)[C@@H](CN2CCCC2)C(C)C(=O)CCCCC(=O)c2ccc(O)cc2)cc1. The number of benzene rings is 2. The number of aromatic hydroxyl groups is 1. The number of carbonyl (C=O) groups excluding carboxylic acids is 2. The third kappa shape index (κ3) is 7.24. The number of carbonyl (C=O) groups is 2. The maximum absolute atomic E-state index is 13.1. The van der Waals surface area contributed by atoms with Crippen LogP contribution in [0.2, 0.25) is 0 Å². The number of phenolic OH excluding ortho intramolecular Hbond substituents is 1. The number of nitrogens with zero attached hydrogens (tertiary/aromatic N) is 1. The Balaban J connectivity index is 1.55. The van der Waals surface area contributed by atoms with E-state index in [0.29, 0.717) is 31.2 Å². The fraction of sp³-hybridized carbons (Fsp3) is 0.500. The van der Waals surface area contributed by atoms with Crippen molar-refractivity contribution in [1.29, 1.82) is 0 Å². The predicted molar refractivity (Wildman–Crippen MR) is 130 cm³/mol. The number of phenols is 1. The van der Waals surface area contributed by atoms with Crippen molar-refractivity contribution in [2.45, 2.75) is 58.5 Å². The molecule has 0 radical (unpaired) electrons. The number of hydrogen-bond acceptors (Lipinski definition) is 5. The van der Waals surface area contributed by atoms with Crippen LogP contribution in [0.1, 0.15) is 73.0 Å². The van der Waals surface area contributed by atoms with Crippen LogP contribution in [-0.2, 0) is 4.79 Å². The molecule has 1 fully saturated rings. The van der Waals surface area contributed by atoms with E-state index in [2.05, 4.69) is 4.90 Å². The lowest BCUT2D eigenvalue weighted by atomic mass is 9.81. The highest BCUT2D eigenvalue weighted by molar-refractivity contribution is 5.96. The maximum atomic E-state index is 13.1. The monoisotopic (exact) mass is 451 g/mol. The zero-order valence-electron chi connectivity index (χ0n) is 19.9. The molecule has 2 aromatic rings. The van der Waals surface area contributed by atoms with E-state index in [0.717, 1.165) is 30.8 Å². The van der Waals surface area contributed by atoms with Gasteiger partial charge in [-0.2, -0.15) is 0 Å². The molecule has 1 unspecified atom stereocenters. The van der Waals surface area contributed by atoms with Crippen LogP contribution in [0.4, 0.5) is 0 Å². The molecule has 0 aromatic heterocycles. The zero-order valence-corrected chi connectivity index (χ0v) is 19.9. The molecule has 33 heavy (non-hydrogen) atoms. The number of ketones is 2. The van der Waals surface area contributed by atoms with Crippen molar-refractivity contribution in [1.82, 2.24) is 4.90 Å². The Kier molecular flexibility index (Phi) is 9.21. The Hall–Kier alpha value is -2.50. The van der Waals surface area contributed by atoms with E-state index in [4.69, 9.17) is 0 Å². The van der Waals surface area contributed by atoms with Crippen molar-refractivity contribution in [2.24, 2.45) is 11.8 Å². The first kappa shape index (κ1) is 25.1. The van der Waals surface area contributed by atoms with Crippen LogP contribution in [0, 0.1) is 18.8 Å². The largest absolute Gasteiger partial charge is 0.508 e. The van der Waals surface area contributed by atoms with Crippen molar-refractivity contribution in [3.63, 3.8) is 0 Å². The lowest BCUT2D eigenvalue weighted by Crippen LogP contribution is -2.36. The minimum atomic E-state index is -0.679. The van der Waals surface area contributed by atoms with Gasteiger partial charge in [-0.3, -0.25) is 9.59 Å². The van der Waals surface area contributed by atoms with Gasteiger partial charge in [-0.25, -0.2) is 0 Å². The van der Waals surface area contributed by atoms with Gasteiger partial charge in [0.1, 0.15) is 11.5 Å². The Morgan fingerprint density at radius 3 is 2.18 bits per heavy atom. The molecule has 1 aliphatic heterocycles. The fourth-order valence-electron chi connectivity index (χ4n) is 4.65. The van der Waals surface area contributed by atoms with Gasteiger partial charge in [0.15, 0.2) is 5.78 Å². The van der Waals surface area contributed by atoms with E-state index in [1.54, 1.807) is 12.1 Å². The zero-order chi connectivity index (χ0) is 23.8. The molecule has 5 heteroatoms. The number of unbranched alkanes of at least 4 members (excludes halogenated alkanes) is 1. The summed E-state index contributed by atoms with van der Waals surface area (Å²) in [4.78, 5) is 27.7. The number of Topliss-reactive ketones (excluding diaryl/α,β-unsaturated/α-hetero) is 2. The van der Waals surface area contributed by atoms with Crippen LogP contribution in [-0.4, -0.2) is 46.3 Å². The molecule has 5 nitrogen and oxygen atoms in total. The minimum Gasteiger partial charge on any atom is -0.508 e. The average molecular weight is 452 g/mol. The summed E-state index contributed by atoms with van der Waals surface area (Å²) in [6.45, 7) is 6.74. The number of aliphatic hydroxyl groups is 1. The Morgan fingerprint density at radius 1 is 0.939 bits per heavy atom. The van der Waals surface area contributed by atoms with E-state index in [1.807, 2.05) is 38.1 Å². The van der Waals surface area contributed by atoms with E-state index in [-0.39, 0.29) is 29.2 Å². The van der Waals surface area contributed by atoms with Gasteiger partial charge in [0.25, 0.3) is 0 Å². The second kappa shape index (κ2) is 12.1. The third-order valence-corrected chi connectivity index (χ3v) is 6.91. The highest BCUT2D eigenvalue weighted by atomic mass is 16.3. The van der Waals surface area contributed by atoms with Gasteiger partial charge in [0.05, 0.1) is 6.10 Å². The fourth-order valence-corrected chi connectivity index (χ4v) is 4.65. The molecule has 0 aliphatic carbocycles. The molecule has 0 spiro atoms. The van der Waals surface area contributed by atoms with E-state index >= 15 is 0 Å². The molecule has 1 heterocycles. The van der Waals surface area contributed by atoms with E-state index in [1.165, 1.54) is 25.0 Å². The lowest BCUT2D eigenvalue weighted by molar-refractivity contribution is -0.126. The van der Waals surface area contributed by atoms with Crippen LogP contribution >= 0.6 is 0 Å². The molecule has 3 rings (SSSR count). The van der Waals surface area contributed by atoms with Crippen molar-refractivity contribution in [3.05, 3.63) is 65.2 Å². The maximum Gasteiger partial charge on any atom is 0.162 e. The van der Waals surface area contributed by atoms with Crippen molar-refractivity contribution in [3.8, 4) is 5.75 Å². The molecular formula is C28H37NO4. The van der Waals surface area contributed by atoms with Crippen LogP contribution in [0.15, 0.2) is 48.5 Å². The molecule has 178 valence electrons. The first-order valence-corrected chi connectivity index (χ1v) is 12.2. The van der Waals surface area contributed by atoms with Gasteiger partial charge in [-0.1, -0.05) is 36.8 Å². The summed E-state index contributed by atoms with van der Waals surface area (Å²) in [5, 5.41) is 20.6. The number of hydrogen-bond donors (Lipinski definition) is 2. The van der Waals surface area contributed by atoms with Crippen LogP contribution < -0.4 is 0 Å². The molecule has 0 bridgehead atoms. The summed E-state index contributed by atoms with van der Waals surface area (Å²) in [7, 11) is 0. The standard InChI is InChI=1S/C28H37NO4/c1-20-9-11-23(12-10-20)28(33)25(19-29-17-5-6-18-29)21(2)26(31)7-3-4-8-27(32)22-13-15-24(30)16-14-22/h9-16,21,25,28,30,33H,3-8,17-19H2,1-2H3/t21?,25-,28+/m0/s1. The summed E-state index contributed by atoms with van der Waals surface area (Å²) >= 11 is 0. The highest BCUT2D eigenvalue weighted by Gasteiger charge is 2.32. The van der Waals surface area contributed by atoms with Gasteiger partial charge in [-0.15, -0.1) is 0 Å². The molecule has 2 aromatic carbocycles. The third-order valence-electron chi connectivity index (χ3n) is 6.91. The van der Waals surface area contributed by atoms with Crippen molar-refractivity contribution in [2.75, 3.05) is 19.6 Å². The summed E-state index contributed by atoms with van der Waals surface area (Å²) in [5.74, 6) is -0.0891. The molecule has 0 amide bonds. The van der Waals surface area contributed by atoms with Crippen LogP contribution in [0.5, 0.6) is 5.75 Å². The normalized spacial score (nSPS) is 16.9. The average Bonchev–Trinajstić information content (AvgIpc) is 3.33. The van der Waals surface area contributed by atoms with Gasteiger partial charge >= 0.3 is 0 Å². The molecular weight excluding hydrogens is 414 g/mol. The lowest BCUT2D eigenvalue weighted by Gasteiger charge is -2.32. The van der Waals surface area contributed by atoms with Crippen LogP contribution in [0.25, 0.3) is 0 Å². The quantitative estimate of drug-likeness (QED) is 0.347. The summed E-state index contributed by atoms with van der Waals surface area (Å²) in [6.07, 6.45) is 3.77. The summed E-state index contributed by atoms with van der Waals surface area (Å²) in [5.41, 5.74) is 2.59. The summed E-state index contributed by atoms with van der Waals surface area (Å²) in [6, 6.07) is 14.2. The Bertz CT molecular complexity index is 900. The van der Waals surface area contributed by atoms with Gasteiger partial charge in [0, 0.05) is 36.8 Å². The second-order valence-corrected chi connectivity index (χ2v) is 9.46. The molecule has 1 aliphatic rings. The molecule has 1 saturated heterocycles. The number of likely N-dealkylation sites (tertiary alicyclic amines) is 1. The van der Waals surface area contributed by atoms with Crippen molar-refractivity contribution < 1.29 is 19.8 Å². The Morgan fingerprint density at radius 2 is 1.55 bits per heavy atom. The molecule has 0 saturated carbocycles. The number of aliphatic hydroxyl groups excluding tert-OH is 1. The summed E-state index contributed by atoms with van der Waals surface area (Å²) < 4.78 is 0. The van der Waals surface area contributed by atoms with Crippen LogP contribution in [0.3, 0.4) is 0 Å². The minimum absolute atomic E-state index is 0.0252. The smallest absolute Gasteiger partial charge is 0.162 e. The molecule has 3 atom stereocenters. The van der Waals surface area contributed by atoms with Gasteiger partial charge in [-0.05, 0) is 75.5 Å². The number of aryl methyl sites for hydroxylation is 1. The molecule has 2 N–H and O–H groups in total. The van der Waals surface area contributed by atoms with Crippen molar-refractivity contribution >= 4 is 11.6 Å². The highest BCUT2D eigenvalue weighted by Crippen LogP contribution is 2.32. The van der Waals surface area contributed by atoms with E-state index < -0.39 is 6.10 Å². The second-order valence-electron chi connectivity index (χ2n) is 9.46. The van der Waals surface area contributed by atoms with Gasteiger partial charge < -0.3 is 15.1 Å². The van der Waals surface area contributed by atoms with Gasteiger partial charge in [0.2, 0.25) is 0 Å². The van der Waals surface area contributed by atoms with E-state index in [9.17, 15) is 19.8 Å². The number of rotatable bonds is 12. The first-order valence-electron chi connectivity index (χ1n) is 12.2. The Labute approximate surface area is 197 Å². The first-order chi connectivity index (χ1) is 15.8. The predicted octanol–water partition coefficient (Wildman–Crippen LogP) is 5.09. The topological polar surface area (TPSA) is 77.8 Å².